The van der Waals surface area contributed by atoms with E-state index in [1.165, 1.54) is 12.4 Å². The number of carbonyl (C=O) groups excluding carboxylic acids is 1. The maximum atomic E-state index is 12.1. The highest BCUT2D eigenvalue weighted by atomic mass is 35.5. The molecule has 1 heterocycles. The van der Waals surface area contributed by atoms with Gasteiger partial charge < -0.3 is 10.1 Å². The first kappa shape index (κ1) is 16.7. The Balaban J connectivity index is 1.41. The topological polar surface area (TPSA) is 64.1 Å². The highest BCUT2D eigenvalue weighted by Gasteiger charge is 2.24. The zero-order valence-corrected chi connectivity index (χ0v) is 14.1. The van der Waals surface area contributed by atoms with Crippen LogP contribution in [0.25, 0.3) is 0 Å². The summed E-state index contributed by atoms with van der Waals surface area (Å²) in [6, 6.07) is 10.4. The van der Waals surface area contributed by atoms with Gasteiger partial charge in [0.25, 0.3) is 0 Å². The minimum atomic E-state index is 0.0756. The van der Waals surface area contributed by atoms with E-state index in [9.17, 15) is 4.79 Å². The molecular formula is C18H20ClN3O2. The van der Waals surface area contributed by atoms with E-state index in [1.807, 2.05) is 30.3 Å². The number of carbonyl (C=O) groups is 1. The molecule has 1 amide bonds. The van der Waals surface area contributed by atoms with Crippen molar-refractivity contribution >= 4 is 17.5 Å². The van der Waals surface area contributed by atoms with Crippen molar-refractivity contribution in [3.8, 4) is 6.01 Å². The minimum Gasteiger partial charge on any atom is -0.460 e. The normalized spacial score (nSPS) is 20.4. The second kappa shape index (κ2) is 8.11. The molecule has 1 aliphatic rings. The molecule has 1 fully saturated rings. The van der Waals surface area contributed by atoms with Gasteiger partial charge in [0, 0.05) is 6.04 Å². The molecule has 0 atom stereocenters. The van der Waals surface area contributed by atoms with Gasteiger partial charge in [0.15, 0.2) is 0 Å². The van der Waals surface area contributed by atoms with E-state index in [0.29, 0.717) is 17.5 Å². The standard InChI is InChI=1S/C18H20ClN3O2/c19-14-11-20-18(21-12-14)24-16-8-6-15(7-9-16)22-17(23)10-13-4-2-1-3-5-13/h1-5,11-12,15-16H,6-10H2,(H,22,23). The Labute approximate surface area is 146 Å². The fraction of sp³-hybridized carbons (Fsp3) is 0.389. The first-order valence-corrected chi connectivity index (χ1v) is 8.54. The second-order valence-electron chi connectivity index (χ2n) is 6.01. The van der Waals surface area contributed by atoms with Crippen molar-refractivity contribution in [1.82, 2.24) is 15.3 Å². The maximum Gasteiger partial charge on any atom is 0.316 e. The van der Waals surface area contributed by atoms with Gasteiger partial charge in [-0.25, -0.2) is 9.97 Å². The highest BCUT2D eigenvalue weighted by molar-refractivity contribution is 6.30. The third-order valence-corrected chi connectivity index (χ3v) is 4.31. The summed E-state index contributed by atoms with van der Waals surface area (Å²) in [5.74, 6) is 0.0756. The molecule has 3 rings (SSSR count). The third kappa shape index (κ3) is 4.93. The second-order valence-corrected chi connectivity index (χ2v) is 6.44. The van der Waals surface area contributed by atoms with E-state index in [1.54, 1.807) is 0 Å². The number of nitrogens with zero attached hydrogens (tertiary/aromatic N) is 2. The molecule has 24 heavy (non-hydrogen) atoms. The third-order valence-electron chi connectivity index (χ3n) is 4.12. The number of hydrogen-bond acceptors (Lipinski definition) is 4. The molecule has 5 nitrogen and oxygen atoms in total. The van der Waals surface area contributed by atoms with Crippen LogP contribution in [0.4, 0.5) is 0 Å². The predicted octanol–water partition coefficient (Wildman–Crippen LogP) is 3.18. The molecule has 2 aromatic rings. The van der Waals surface area contributed by atoms with Gasteiger partial charge in [-0.15, -0.1) is 0 Å². The fourth-order valence-corrected chi connectivity index (χ4v) is 2.99. The molecule has 0 saturated heterocycles. The number of halogens is 1. The number of nitrogens with one attached hydrogen (secondary N) is 1. The summed E-state index contributed by atoms with van der Waals surface area (Å²) < 4.78 is 5.77. The first-order valence-electron chi connectivity index (χ1n) is 8.16. The van der Waals surface area contributed by atoms with Gasteiger partial charge in [-0.05, 0) is 31.2 Å². The van der Waals surface area contributed by atoms with E-state index in [-0.39, 0.29) is 18.1 Å². The van der Waals surface area contributed by atoms with Gasteiger partial charge in [-0.2, -0.15) is 0 Å². The average molecular weight is 346 g/mol. The van der Waals surface area contributed by atoms with Crippen LogP contribution in [0, 0.1) is 0 Å². The van der Waals surface area contributed by atoms with Crippen LogP contribution in [0.2, 0.25) is 5.02 Å². The van der Waals surface area contributed by atoms with Gasteiger partial charge in [0.05, 0.1) is 23.8 Å². The number of benzene rings is 1. The van der Waals surface area contributed by atoms with E-state index in [2.05, 4.69) is 15.3 Å². The molecule has 1 aliphatic carbocycles. The van der Waals surface area contributed by atoms with Crippen LogP contribution in [-0.2, 0) is 11.2 Å². The van der Waals surface area contributed by atoms with Crippen LogP contribution in [-0.4, -0.2) is 28.0 Å². The highest BCUT2D eigenvalue weighted by Crippen LogP contribution is 2.22. The monoisotopic (exact) mass is 345 g/mol. The molecule has 0 bridgehead atoms. The molecule has 1 aromatic heterocycles. The maximum absolute atomic E-state index is 12.1. The van der Waals surface area contributed by atoms with Crippen LogP contribution in [0.3, 0.4) is 0 Å². The molecule has 0 spiro atoms. The van der Waals surface area contributed by atoms with Crippen molar-refractivity contribution in [3.63, 3.8) is 0 Å². The molecule has 6 heteroatoms. The molecular weight excluding hydrogens is 326 g/mol. The molecule has 0 aliphatic heterocycles. The van der Waals surface area contributed by atoms with Crippen molar-refractivity contribution in [1.29, 1.82) is 0 Å². The number of hydrogen-bond donors (Lipinski definition) is 1. The number of amides is 1. The lowest BCUT2D eigenvalue weighted by Crippen LogP contribution is -2.40. The molecule has 1 saturated carbocycles. The Morgan fingerprint density at radius 2 is 1.79 bits per heavy atom. The summed E-state index contributed by atoms with van der Waals surface area (Å²) in [7, 11) is 0. The summed E-state index contributed by atoms with van der Waals surface area (Å²) in [6.07, 6.45) is 7.13. The van der Waals surface area contributed by atoms with Crippen molar-refractivity contribution in [2.24, 2.45) is 0 Å². The lowest BCUT2D eigenvalue weighted by Gasteiger charge is -2.28. The molecule has 1 N–H and O–H groups in total. The smallest absolute Gasteiger partial charge is 0.316 e. The first-order chi connectivity index (χ1) is 11.7. The molecule has 126 valence electrons. The zero-order valence-electron chi connectivity index (χ0n) is 13.3. The van der Waals surface area contributed by atoms with Gasteiger partial charge in [-0.3, -0.25) is 4.79 Å². The zero-order chi connectivity index (χ0) is 16.8. The van der Waals surface area contributed by atoms with Crippen molar-refractivity contribution in [3.05, 3.63) is 53.3 Å². The summed E-state index contributed by atoms with van der Waals surface area (Å²) >= 11 is 5.76. The molecule has 1 aromatic carbocycles. The predicted molar refractivity (Wildman–Crippen MR) is 92.0 cm³/mol. The van der Waals surface area contributed by atoms with Crippen LogP contribution >= 0.6 is 11.6 Å². The quantitative estimate of drug-likeness (QED) is 0.904. The summed E-state index contributed by atoms with van der Waals surface area (Å²) in [6.45, 7) is 0. The SMILES string of the molecule is O=C(Cc1ccccc1)NC1CCC(Oc2ncc(Cl)cn2)CC1. The summed E-state index contributed by atoms with van der Waals surface area (Å²) in [4.78, 5) is 20.2. The van der Waals surface area contributed by atoms with Gasteiger partial charge >= 0.3 is 6.01 Å². The number of ether oxygens (including phenoxy) is 1. The van der Waals surface area contributed by atoms with E-state index < -0.39 is 0 Å². The van der Waals surface area contributed by atoms with E-state index in [4.69, 9.17) is 16.3 Å². The Bertz CT molecular complexity index is 656. The van der Waals surface area contributed by atoms with Crippen molar-refractivity contribution < 1.29 is 9.53 Å². The average Bonchev–Trinajstić information content (AvgIpc) is 2.59. The molecule has 0 unspecified atom stereocenters. The summed E-state index contributed by atoms with van der Waals surface area (Å²) in [5.41, 5.74) is 1.03. The number of rotatable bonds is 5. The summed E-state index contributed by atoms with van der Waals surface area (Å²) in [5, 5.41) is 3.61. The fourth-order valence-electron chi connectivity index (χ4n) is 2.90. The lowest BCUT2D eigenvalue weighted by atomic mass is 9.93. The Hall–Kier alpha value is -2.14. The Morgan fingerprint density at radius 1 is 1.12 bits per heavy atom. The Morgan fingerprint density at radius 3 is 2.46 bits per heavy atom. The van der Waals surface area contributed by atoms with Crippen molar-refractivity contribution in [2.75, 3.05) is 0 Å². The number of aromatic nitrogens is 2. The van der Waals surface area contributed by atoms with Crippen LogP contribution in [0.15, 0.2) is 42.7 Å². The largest absolute Gasteiger partial charge is 0.460 e. The van der Waals surface area contributed by atoms with Gasteiger partial charge in [-0.1, -0.05) is 41.9 Å². The minimum absolute atomic E-state index is 0.0756. The van der Waals surface area contributed by atoms with Gasteiger partial charge in [0.2, 0.25) is 5.91 Å². The van der Waals surface area contributed by atoms with E-state index >= 15 is 0 Å². The van der Waals surface area contributed by atoms with Crippen LogP contribution < -0.4 is 10.1 Å². The molecule has 0 radical (unpaired) electrons. The van der Waals surface area contributed by atoms with Crippen LogP contribution in [0.5, 0.6) is 6.01 Å². The Kier molecular flexibility index (Phi) is 5.64. The lowest BCUT2D eigenvalue weighted by molar-refractivity contribution is -0.121. The van der Waals surface area contributed by atoms with Crippen LogP contribution in [0.1, 0.15) is 31.2 Å². The van der Waals surface area contributed by atoms with E-state index in [0.717, 1.165) is 31.2 Å². The van der Waals surface area contributed by atoms with Crippen molar-refractivity contribution in [2.45, 2.75) is 44.2 Å². The van der Waals surface area contributed by atoms with Gasteiger partial charge in [0.1, 0.15) is 6.10 Å².